The number of fused-ring (bicyclic) bond motifs is 1. The van der Waals surface area contributed by atoms with Crippen molar-refractivity contribution in [3.05, 3.63) is 29.8 Å². The molecule has 21 heavy (non-hydrogen) atoms. The molecule has 1 N–H and O–H groups in total. The number of hydrogen-bond acceptors (Lipinski definition) is 3. The van der Waals surface area contributed by atoms with Crippen LogP contribution in [0.25, 0.3) is 0 Å². The molecule has 3 rings (SSSR count). The molecule has 3 nitrogen and oxygen atoms in total. The molecule has 1 unspecified atom stereocenters. The van der Waals surface area contributed by atoms with Gasteiger partial charge in [-0.25, -0.2) is 0 Å². The Hall–Kier alpha value is -1.06. The van der Waals surface area contributed by atoms with Crippen LogP contribution in [-0.4, -0.2) is 32.3 Å². The molecule has 116 valence electrons. The Morgan fingerprint density at radius 1 is 1.19 bits per heavy atom. The number of nitrogens with zero attached hydrogens (tertiary/aromatic N) is 1. The second-order valence-corrected chi connectivity index (χ2v) is 6.24. The number of rotatable bonds is 4. The minimum Gasteiger partial charge on any atom is -0.381 e. The Kier molecular flexibility index (Phi) is 5.15. The minimum atomic E-state index is 0.519. The minimum absolute atomic E-state index is 0.519. The summed E-state index contributed by atoms with van der Waals surface area (Å²) in [4.78, 5) is 2.66. The number of nitrogens with one attached hydrogen (secondary N) is 1. The van der Waals surface area contributed by atoms with E-state index < -0.39 is 0 Å². The highest BCUT2D eigenvalue weighted by Gasteiger charge is 2.27. The monoisotopic (exact) mass is 288 g/mol. The first kappa shape index (κ1) is 14.9. The van der Waals surface area contributed by atoms with Crippen LogP contribution in [0.2, 0.25) is 0 Å². The van der Waals surface area contributed by atoms with Gasteiger partial charge >= 0.3 is 0 Å². The van der Waals surface area contributed by atoms with Crippen molar-refractivity contribution in [3.63, 3.8) is 0 Å². The lowest BCUT2D eigenvalue weighted by Crippen LogP contribution is -2.40. The summed E-state index contributed by atoms with van der Waals surface area (Å²) in [5.41, 5.74) is 2.95. The van der Waals surface area contributed by atoms with Crippen LogP contribution in [0.1, 0.15) is 50.6 Å². The second-order valence-electron chi connectivity index (χ2n) is 6.24. The molecule has 2 heterocycles. The van der Waals surface area contributed by atoms with Gasteiger partial charge in [-0.3, -0.25) is 0 Å². The van der Waals surface area contributed by atoms with Crippen molar-refractivity contribution < 1.29 is 4.74 Å². The van der Waals surface area contributed by atoms with Gasteiger partial charge in [-0.15, -0.1) is 0 Å². The van der Waals surface area contributed by atoms with Gasteiger partial charge in [0.25, 0.3) is 0 Å². The average molecular weight is 288 g/mol. The third-order valence-electron chi connectivity index (χ3n) is 4.79. The van der Waals surface area contributed by atoms with E-state index in [0.717, 1.165) is 19.8 Å². The van der Waals surface area contributed by atoms with Crippen molar-refractivity contribution in [2.75, 3.05) is 31.2 Å². The normalized spacial score (nSPS) is 23.7. The zero-order valence-corrected chi connectivity index (χ0v) is 13.2. The molecular formula is C18H28N2O. The molecular weight excluding hydrogens is 260 g/mol. The Morgan fingerprint density at radius 3 is 2.81 bits per heavy atom. The third-order valence-corrected chi connectivity index (χ3v) is 4.79. The van der Waals surface area contributed by atoms with Crippen LogP contribution in [0.15, 0.2) is 24.3 Å². The number of anilines is 1. The Balaban J connectivity index is 1.84. The van der Waals surface area contributed by atoms with E-state index in [2.05, 4.69) is 41.4 Å². The van der Waals surface area contributed by atoms with Crippen LogP contribution in [0.4, 0.5) is 5.69 Å². The van der Waals surface area contributed by atoms with Gasteiger partial charge in [0.15, 0.2) is 0 Å². The summed E-state index contributed by atoms with van der Waals surface area (Å²) in [5, 5.41) is 3.74. The largest absolute Gasteiger partial charge is 0.381 e. The molecule has 1 aromatic carbocycles. The summed E-state index contributed by atoms with van der Waals surface area (Å²) >= 11 is 0. The van der Waals surface area contributed by atoms with Gasteiger partial charge in [-0.2, -0.15) is 0 Å². The van der Waals surface area contributed by atoms with Gasteiger partial charge in [0, 0.05) is 37.5 Å². The Bertz CT molecular complexity index is 443. The fourth-order valence-electron chi connectivity index (χ4n) is 3.69. The van der Waals surface area contributed by atoms with Crippen LogP contribution >= 0.6 is 0 Å². The first-order valence-electron chi connectivity index (χ1n) is 8.57. The lowest BCUT2D eigenvalue weighted by atomic mass is 10.0. The van der Waals surface area contributed by atoms with Gasteiger partial charge < -0.3 is 15.0 Å². The van der Waals surface area contributed by atoms with Crippen LogP contribution in [0, 0.1) is 0 Å². The predicted octanol–water partition coefficient (Wildman–Crippen LogP) is 3.51. The quantitative estimate of drug-likeness (QED) is 0.917. The fraction of sp³-hybridized carbons (Fsp3) is 0.667. The van der Waals surface area contributed by atoms with Crippen molar-refractivity contribution in [3.8, 4) is 0 Å². The molecule has 2 aliphatic heterocycles. The van der Waals surface area contributed by atoms with E-state index >= 15 is 0 Å². The lowest BCUT2D eigenvalue weighted by Gasteiger charge is -2.36. The highest BCUT2D eigenvalue weighted by Crippen LogP contribution is 2.35. The molecule has 1 saturated heterocycles. The summed E-state index contributed by atoms with van der Waals surface area (Å²) in [7, 11) is 0. The van der Waals surface area contributed by atoms with E-state index in [-0.39, 0.29) is 0 Å². The van der Waals surface area contributed by atoms with Crippen molar-refractivity contribution in [2.24, 2.45) is 0 Å². The molecule has 0 amide bonds. The van der Waals surface area contributed by atoms with Crippen molar-refractivity contribution in [1.29, 1.82) is 0 Å². The molecule has 3 heteroatoms. The van der Waals surface area contributed by atoms with Crippen LogP contribution < -0.4 is 10.2 Å². The van der Waals surface area contributed by atoms with E-state index in [0.29, 0.717) is 12.1 Å². The molecule has 0 saturated carbocycles. The summed E-state index contributed by atoms with van der Waals surface area (Å²) in [6, 6.07) is 10.2. The molecule has 0 spiro atoms. The van der Waals surface area contributed by atoms with Crippen molar-refractivity contribution in [2.45, 2.75) is 51.1 Å². The maximum absolute atomic E-state index is 5.54. The highest BCUT2D eigenvalue weighted by atomic mass is 16.5. The predicted molar refractivity (Wildman–Crippen MR) is 87.9 cm³/mol. The maximum Gasteiger partial charge on any atom is 0.0485 e. The molecule has 1 fully saturated rings. The Morgan fingerprint density at radius 2 is 2.00 bits per heavy atom. The van der Waals surface area contributed by atoms with E-state index in [1.165, 1.54) is 49.9 Å². The SMILES string of the molecule is CCCNC1CCCN(C2CCOCC2)c2ccccc21. The number of benzene rings is 1. The first-order chi connectivity index (χ1) is 10.4. The lowest BCUT2D eigenvalue weighted by molar-refractivity contribution is 0.0844. The van der Waals surface area contributed by atoms with Gasteiger partial charge in [-0.05, 0) is 50.3 Å². The maximum atomic E-state index is 5.54. The second kappa shape index (κ2) is 7.28. The topological polar surface area (TPSA) is 24.5 Å². The number of ether oxygens (including phenoxy) is 1. The van der Waals surface area contributed by atoms with Crippen LogP contribution in [-0.2, 0) is 4.74 Å². The number of hydrogen-bond donors (Lipinski definition) is 1. The van der Waals surface area contributed by atoms with Crippen LogP contribution in [0.5, 0.6) is 0 Å². The Labute approximate surface area is 128 Å². The smallest absolute Gasteiger partial charge is 0.0485 e. The summed E-state index contributed by atoms with van der Waals surface area (Å²) in [6.07, 6.45) is 6.05. The fourth-order valence-corrected chi connectivity index (χ4v) is 3.69. The van der Waals surface area contributed by atoms with Crippen molar-refractivity contribution in [1.82, 2.24) is 5.32 Å². The van der Waals surface area contributed by atoms with Gasteiger partial charge in [0.05, 0.1) is 0 Å². The average Bonchev–Trinajstić information content (AvgIpc) is 2.73. The van der Waals surface area contributed by atoms with Gasteiger partial charge in [0.1, 0.15) is 0 Å². The molecule has 0 bridgehead atoms. The summed E-state index contributed by atoms with van der Waals surface area (Å²) in [6.45, 7) is 6.37. The van der Waals surface area contributed by atoms with E-state index in [9.17, 15) is 0 Å². The standard InChI is InChI=1S/C18H28N2O/c1-2-11-19-17-7-5-12-20(15-9-13-21-14-10-15)18-8-4-3-6-16(17)18/h3-4,6,8,15,17,19H,2,5,7,9-14H2,1H3. The number of para-hydroxylation sites is 1. The van der Waals surface area contributed by atoms with Gasteiger partial charge in [-0.1, -0.05) is 25.1 Å². The van der Waals surface area contributed by atoms with E-state index in [1.54, 1.807) is 0 Å². The van der Waals surface area contributed by atoms with Crippen molar-refractivity contribution >= 4 is 5.69 Å². The van der Waals surface area contributed by atoms with E-state index in [1.807, 2.05) is 0 Å². The molecule has 0 aliphatic carbocycles. The van der Waals surface area contributed by atoms with Crippen LogP contribution in [0.3, 0.4) is 0 Å². The molecule has 2 aliphatic rings. The zero-order chi connectivity index (χ0) is 14.5. The molecule has 1 aromatic rings. The highest BCUT2D eigenvalue weighted by molar-refractivity contribution is 5.56. The molecule has 0 radical (unpaired) electrons. The summed E-state index contributed by atoms with van der Waals surface area (Å²) < 4.78 is 5.54. The molecule has 1 atom stereocenters. The third kappa shape index (κ3) is 3.41. The summed E-state index contributed by atoms with van der Waals surface area (Å²) in [5.74, 6) is 0. The first-order valence-corrected chi connectivity index (χ1v) is 8.57. The van der Waals surface area contributed by atoms with E-state index in [4.69, 9.17) is 4.74 Å². The zero-order valence-electron chi connectivity index (χ0n) is 13.2. The van der Waals surface area contributed by atoms with Gasteiger partial charge in [0.2, 0.25) is 0 Å². The molecule has 0 aromatic heterocycles.